The summed E-state index contributed by atoms with van der Waals surface area (Å²) in [5.41, 5.74) is 0.888. The van der Waals surface area contributed by atoms with Crippen molar-refractivity contribution >= 4 is 56.9 Å². The number of amides is 3. The molecule has 3 amide bonds. The Labute approximate surface area is 340 Å². The first-order valence-corrected chi connectivity index (χ1v) is 19.9. The zero-order chi connectivity index (χ0) is 40.1. The summed E-state index contributed by atoms with van der Waals surface area (Å²) in [5.74, 6) is -4.33. The van der Waals surface area contributed by atoms with Gasteiger partial charge in [-0.2, -0.15) is 0 Å². The van der Waals surface area contributed by atoms with Crippen LogP contribution in [0.25, 0.3) is 0 Å². The molecule has 0 saturated carbocycles. The van der Waals surface area contributed by atoms with Gasteiger partial charge in [0.15, 0.2) is 0 Å². The van der Waals surface area contributed by atoms with E-state index in [4.69, 9.17) is 25.8 Å². The molecule has 3 saturated heterocycles. The minimum Gasteiger partial charge on any atom is -0.455 e. The predicted octanol–water partition coefficient (Wildman–Crippen LogP) is 6.03. The molecule has 3 aromatic carbocycles. The molecule has 13 heteroatoms. The van der Waals surface area contributed by atoms with E-state index >= 15 is 9.59 Å². The highest BCUT2D eigenvalue weighted by molar-refractivity contribution is 9.09. The third kappa shape index (κ3) is 7.69. The summed E-state index contributed by atoms with van der Waals surface area (Å²) in [7, 11) is 1.49. The van der Waals surface area contributed by atoms with Crippen LogP contribution in [-0.2, 0) is 33.4 Å². The zero-order valence-corrected chi connectivity index (χ0v) is 33.7. The van der Waals surface area contributed by atoms with Crippen LogP contribution in [0.4, 0.5) is 5.69 Å². The SMILES string of the molecule is C=CCCC(=O)N[C@@H](COC)[C@@H](OC(=O)[C@H]1[C@@H]2O[C@@]3(CC2Br)[C@@H]1C(=O)N([C@H](CO)c1ccccc1)[C@@H]3C(=O)N(CC=C)c1c(C)cccc1Cl)c1ccccc1. The number of nitrogens with zero attached hydrogens (tertiary/aromatic N) is 2. The Morgan fingerprint density at radius 1 is 1.07 bits per heavy atom. The van der Waals surface area contributed by atoms with Gasteiger partial charge in [-0.25, -0.2) is 0 Å². The molecule has 2 N–H and O–H groups in total. The molecule has 0 aromatic heterocycles. The van der Waals surface area contributed by atoms with Crippen molar-refractivity contribution in [3.05, 3.63) is 126 Å². The lowest BCUT2D eigenvalue weighted by atomic mass is 9.70. The first-order valence-electron chi connectivity index (χ1n) is 18.6. The van der Waals surface area contributed by atoms with Crippen LogP contribution in [0.5, 0.6) is 0 Å². The van der Waals surface area contributed by atoms with Crippen LogP contribution in [0.2, 0.25) is 5.02 Å². The average molecular weight is 849 g/mol. The number of methoxy groups -OCH3 is 1. The summed E-state index contributed by atoms with van der Waals surface area (Å²) in [6.07, 6.45) is 2.22. The van der Waals surface area contributed by atoms with Crippen LogP contribution >= 0.6 is 27.5 Å². The number of aryl methyl sites for hydroxylation is 1. The maximum absolute atomic E-state index is 15.3. The van der Waals surface area contributed by atoms with Crippen LogP contribution < -0.4 is 10.2 Å². The highest BCUT2D eigenvalue weighted by Gasteiger charge is 2.78. The number of fused-ring (bicyclic) bond motifs is 1. The number of likely N-dealkylation sites (tertiary alicyclic amines) is 1. The van der Waals surface area contributed by atoms with Crippen molar-refractivity contribution < 1.29 is 38.5 Å². The molecule has 0 aliphatic carbocycles. The van der Waals surface area contributed by atoms with Gasteiger partial charge in [-0.3, -0.25) is 19.2 Å². The molecule has 0 radical (unpaired) electrons. The minimum absolute atomic E-state index is 0.0187. The molecule has 1 spiro atoms. The standard InChI is InChI=1S/C43H47BrClN3O8/c1-5-7-21-33(50)46-31(25-54-4)37(28-18-12-9-13-19-28)55-42(53)34-35-40(51)48(32(24-49)27-16-10-8-11-17-27)39(43(35)23-29(44)38(34)56-43)41(52)47(22-6-2)36-26(3)15-14-20-30(36)45/h5-6,8-20,29,31-32,34-35,37-39,49H,1-2,7,21-25H2,3-4H3,(H,46,50)/t29?,31-,32+,34+,35-,37-,38+,39+,43-/m0/s1. The fourth-order valence-corrected chi connectivity index (χ4v) is 9.91. The van der Waals surface area contributed by atoms with Gasteiger partial charge in [-0.05, 0) is 42.5 Å². The number of halogens is 2. The number of aliphatic hydroxyl groups excluding tert-OH is 1. The molecular formula is C43H47BrClN3O8. The molecule has 296 valence electrons. The number of esters is 1. The second-order valence-electron chi connectivity index (χ2n) is 14.4. The van der Waals surface area contributed by atoms with Crippen LogP contribution in [0.3, 0.4) is 0 Å². The Balaban J connectivity index is 1.44. The molecule has 11 nitrogen and oxygen atoms in total. The van der Waals surface area contributed by atoms with Crippen LogP contribution in [-0.4, -0.2) is 89.2 Å². The molecule has 1 unspecified atom stereocenters. The van der Waals surface area contributed by atoms with E-state index in [1.807, 2.05) is 25.1 Å². The maximum atomic E-state index is 15.3. The van der Waals surface area contributed by atoms with Crippen molar-refractivity contribution in [2.24, 2.45) is 11.8 Å². The van der Waals surface area contributed by atoms with E-state index in [1.165, 1.54) is 16.9 Å². The van der Waals surface area contributed by atoms with Gasteiger partial charge >= 0.3 is 5.97 Å². The summed E-state index contributed by atoms with van der Waals surface area (Å²) in [6, 6.07) is 20.2. The molecule has 56 heavy (non-hydrogen) atoms. The number of anilines is 1. The number of carbonyl (C=O) groups is 4. The van der Waals surface area contributed by atoms with Crippen LogP contribution in [0.15, 0.2) is 104 Å². The molecule has 3 fully saturated rings. The Hall–Kier alpha value is -4.33. The van der Waals surface area contributed by atoms with Crippen molar-refractivity contribution in [2.45, 2.75) is 66.9 Å². The van der Waals surface area contributed by atoms with Gasteiger partial charge in [0.1, 0.15) is 17.7 Å². The quantitative estimate of drug-likeness (QED) is 0.0957. The summed E-state index contributed by atoms with van der Waals surface area (Å²) in [5, 5.41) is 14.3. The molecule has 3 heterocycles. The lowest BCUT2D eigenvalue weighted by Gasteiger charge is -2.40. The number of hydrogen-bond donors (Lipinski definition) is 2. The van der Waals surface area contributed by atoms with E-state index in [0.717, 1.165) is 5.56 Å². The highest BCUT2D eigenvalue weighted by Crippen LogP contribution is 2.62. The van der Waals surface area contributed by atoms with Crippen LogP contribution in [0, 0.1) is 18.8 Å². The lowest BCUT2D eigenvalue weighted by Crippen LogP contribution is -2.57. The Morgan fingerprint density at radius 3 is 2.36 bits per heavy atom. The summed E-state index contributed by atoms with van der Waals surface area (Å²) >= 11 is 10.5. The second kappa shape index (κ2) is 17.9. The molecule has 3 aromatic rings. The first kappa shape index (κ1) is 41.3. The van der Waals surface area contributed by atoms with E-state index in [9.17, 15) is 14.7 Å². The number of nitrogens with one attached hydrogen (secondary N) is 1. The molecule has 3 aliphatic rings. The molecule has 9 atom stereocenters. The third-order valence-electron chi connectivity index (χ3n) is 11.0. The van der Waals surface area contributed by atoms with Crippen molar-refractivity contribution in [2.75, 3.05) is 31.8 Å². The Morgan fingerprint density at radius 2 is 1.75 bits per heavy atom. The van der Waals surface area contributed by atoms with Crippen molar-refractivity contribution in [3.63, 3.8) is 0 Å². The number of aliphatic hydroxyl groups is 1. The highest BCUT2D eigenvalue weighted by atomic mass is 79.9. The lowest BCUT2D eigenvalue weighted by molar-refractivity contribution is -0.163. The van der Waals surface area contributed by atoms with Crippen molar-refractivity contribution in [3.8, 4) is 0 Å². The van der Waals surface area contributed by atoms with Gasteiger partial charge in [0.25, 0.3) is 5.91 Å². The van der Waals surface area contributed by atoms with Crippen LogP contribution in [0.1, 0.15) is 48.1 Å². The number of allylic oxidation sites excluding steroid dienone is 1. The van der Waals surface area contributed by atoms with E-state index < -0.39 is 77.0 Å². The molecule has 2 bridgehead atoms. The van der Waals surface area contributed by atoms with E-state index in [0.29, 0.717) is 28.3 Å². The summed E-state index contributed by atoms with van der Waals surface area (Å²) in [4.78, 5) is 60.8. The first-order chi connectivity index (χ1) is 27.0. The Kier molecular flexibility index (Phi) is 13.2. The summed E-state index contributed by atoms with van der Waals surface area (Å²) < 4.78 is 18.7. The second-order valence-corrected chi connectivity index (χ2v) is 16.0. The summed E-state index contributed by atoms with van der Waals surface area (Å²) in [6.45, 7) is 9.01. The van der Waals surface area contributed by atoms with Gasteiger partial charge in [-0.15, -0.1) is 13.2 Å². The van der Waals surface area contributed by atoms with Gasteiger partial charge in [-0.1, -0.05) is 112 Å². The van der Waals surface area contributed by atoms with Crippen molar-refractivity contribution in [1.82, 2.24) is 10.2 Å². The molecular weight excluding hydrogens is 802 g/mol. The number of para-hydroxylation sites is 1. The number of hydrogen-bond acceptors (Lipinski definition) is 8. The monoisotopic (exact) mass is 847 g/mol. The van der Waals surface area contributed by atoms with Gasteiger partial charge in [0.2, 0.25) is 11.8 Å². The maximum Gasteiger partial charge on any atom is 0.313 e. The molecule has 3 aliphatic heterocycles. The largest absolute Gasteiger partial charge is 0.455 e. The number of alkyl halides is 1. The van der Waals surface area contributed by atoms with Gasteiger partial charge in [0, 0.05) is 24.9 Å². The van der Waals surface area contributed by atoms with Gasteiger partial charge < -0.3 is 34.4 Å². The molecule has 6 rings (SSSR count). The van der Waals surface area contributed by atoms with E-state index in [-0.39, 0.29) is 31.9 Å². The predicted molar refractivity (Wildman–Crippen MR) is 216 cm³/mol. The van der Waals surface area contributed by atoms with E-state index in [2.05, 4.69) is 34.4 Å². The fourth-order valence-electron chi connectivity index (χ4n) is 8.64. The normalized spacial score (nSPS) is 25.2. The van der Waals surface area contributed by atoms with Crippen molar-refractivity contribution in [1.29, 1.82) is 0 Å². The topological polar surface area (TPSA) is 135 Å². The zero-order valence-electron chi connectivity index (χ0n) is 31.4. The number of benzene rings is 3. The fraction of sp³-hybridized carbons (Fsp3) is 0.395. The Bertz CT molecular complexity index is 1910. The number of rotatable bonds is 17. The number of carbonyl (C=O) groups excluding carboxylic acids is 4. The average Bonchev–Trinajstić information content (AvgIpc) is 3.79. The van der Waals surface area contributed by atoms with E-state index in [1.54, 1.807) is 72.8 Å². The number of ether oxygens (including phenoxy) is 3. The smallest absolute Gasteiger partial charge is 0.313 e. The van der Waals surface area contributed by atoms with Gasteiger partial charge in [0.05, 0.1) is 53.9 Å². The minimum atomic E-state index is -1.50. The third-order valence-corrected chi connectivity index (χ3v) is 12.1.